The molecule has 0 saturated carbocycles. The number of aromatic nitrogens is 4. The van der Waals surface area contributed by atoms with Gasteiger partial charge in [0.05, 0.1) is 33.9 Å². The fraction of sp³-hybridized carbons (Fsp3) is 0.150. The summed E-state index contributed by atoms with van der Waals surface area (Å²) in [4.78, 5) is 40.2. The van der Waals surface area contributed by atoms with Gasteiger partial charge in [0.2, 0.25) is 0 Å². The summed E-state index contributed by atoms with van der Waals surface area (Å²) in [5.74, 6) is -0.0364. The minimum Gasteiger partial charge on any atom is -0.454 e. The molecule has 1 N–H and O–H groups in total. The van der Waals surface area contributed by atoms with Gasteiger partial charge in [0.1, 0.15) is 5.03 Å². The third-order valence-corrected chi connectivity index (χ3v) is 4.96. The van der Waals surface area contributed by atoms with E-state index >= 15 is 0 Å². The topological polar surface area (TPSA) is 97.8 Å². The van der Waals surface area contributed by atoms with E-state index in [9.17, 15) is 9.59 Å². The quantitative estimate of drug-likeness (QED) is 0.411. The summed E-state index contributed by atoms with van der Waals surface area (Å²) in [5, 5.41) is 1.13. The molecular weight excluding hydrogens is 376 g/mol. The zero-order chi connectivity index (χ0) is 19.5. The molecule has 28 heavy (non-hydrogen) atoms. The van der Waals surface area contributed by atoms with Crippen LogP contribution in [0.4, 0.5) is 0 Å². The largest absolute Gasteiger partial charge is 0.454 e. The molecule has 140 valence electrons. The number of esters is 1. The molecular formula is C20H16N4O3S. The lowest BCUT2D eigenvalue weighted by molar-refractivity contribution is -0.145. The predicted molar refractivity (Wildman–Crippen MR) is 107 cm³/mol. The van der Waals surface area contributed by atoms with Crippen molar-refractivity contribution in [3.63, 3.8) is 0 Å². The summed E-state index contributed by atoms with van der Waals surface area (Å²) in [6.07, 6.45) is 0.958. The lowest BCUT2D eigenvalue weighted by Gasteiger charge is -2.13. The molecule has 0 fully saturated rings. The van der Waals surface area contributed by atoms with Crippen molar-refractivity contribution in [2.24, 2.45) is 0 Å². The van der Waals surface area contributed by atoms with Gasteiger partial charge in [-0.05, 0) is 31.2 Å². The van der Waals surface area contributed by atoms with Crippen LogP contribution in [0.2, 0.25) is 0 Å². The number of nitrogens with zero attached hydrogens (tertiary/aromatic N) is 3. The zero-order valence-corrected chi connectivity index (χ0v) is 15.8. The van der Waals surface area contributed by atoms with Crippen LogP contribution in [0.5, 0.6) is 0 Å². The summed E-state index contributed by atoms with van der Waals surface area (Å²) >= 11 is 1.25. The first kappa shape index (κ1) is 18.1. The van der Waals surface area contributed by atoms with E-state index in [0.29, 0.717) is 21.8 Å². The van der Waals surface area contributed by atoms with Crippen LogP contribution in [0.25, 0.3) is 21.9 Å². The maximum Gasteiger partial charge on any atom is 0.317 e. The fourth-order valence-corrected chi connectivity index (χ4v) is 3.35. The van der Waals surface area contributed by atoms with Gasteiger partial charge in [-0.1, -0.05) is 36.0 Å². The summed E-state index contributed by atoms with van der Waals surface area (Å²) in [7, 11) is 0. The van der Waals surface area contributed by atoms with E-state index in [1.165, 1.54) is 11.8 Å². The van der Waals surface area contributed by atoms with Crippen molar-refractivity contribution in [2.45, 2.75) is 18.1 Å². The lowest BCUT2D eigenvalue weighted by Crippen LogP contribution is -2.18. The molecule has 0 amide bonds. The van der Waals surface area contributed by atoms with Crippen molar-refractivity contribution < 1.29 is 9.53 Å². The van der Waals surface area contributed by atoms with E-state index < -0.39 is 12.1 Å². The minimum atomic E-state index is -0.673. The summed E-state index contributed by atoms with van der Waals surface area (Å²) < 4.78 is 5.41. The molecule has 0 aliphatic rings. The number of carbonyl (C=O) groups is 1. The second kappa shape index (κ2) is 7.77. The van der Waals surface area contributed by atoms with Crippen LogP contribution in [0.1, 0.15) is 18.9 Å². The normalized spacial score (nSPS) is 12.2. The molecule has 0 saturated heterocycles. The molecule has 0 aliphatic heterocycles. The van der Waals surface area contributed by atoms with Gasteiger partial charge in [0.15, 0.2) is 11.9 Å². The third kappa shape index (κ3) is 3.86. The second-order valence-electron chi connectivity index (χ2n) is 6.09. The van der Waals surface area contributed by atoms with Crippen molar-refractivity contribution in [3.05, 3.63) is 70.9 Å². The first-order valence-corrected chi connectivity index (χ1v) is 9.62. The van der Waals surface area contributed by atoms with Crippen LogP contribution < -0.4 is 5.56 Å². The van der Waals surface area contributed by atoms with E-state index in [-0.39, 0.29) is 11.3 Å². The molecule has 1 atom stereocenters. The number of fused-ring (bicyclic) bond motifs is 2. The number of hydrogen-bond acceptors (Lipinski definition) is 7. The average molecular weight is 392 g/mol. The van der Waals surface area contributed by atoms with Crippen molar-refractivity contribution in [1.82, 2.24) is 19.9 Å². The SMILES string of the molecule is CC(OC(=O)CSc1cnc2ccccc2n1)c1nc2ccccc2c(=O)[nH]1. The Bertz CT molecular complexity index is 1220. The van der Waals surface area contributed by atoms with Gasteiger partial charge >= 0.3 is 5.97 Å². The molecule has 7 nitrogen and oxygen atoms in total. The van der Waals surface area contributed by atoms with Crippen LogP contribution >= 0.6 is 11.8 Å². The first-order valence-electron chi connectivity index (χ1n) is 8.63. The number of H-pyrrole nitrogens is 1. The standard InChI is InChI=1S/C20H16N4O3S/c1-12(19-23-14-7-3-2-6-13(14)20(26)24-19)27-18(25)11-28-17-10-21-15-8-4-5-9-16(15)22-17/h2-10,12H,11H2,1H3,(H,23,24,26). The van der Waals surface area contributed by atoms with Gasteiger partial charge in [0.25, 0.3) is 5.56 Å². The Kier molecular flexibility index (Phi) is 5.03. The van der Waals surface area contributed by atoms with Crippen LogP contribution in [-0.2, 0) is 9.53 Å². The number of thioether (sulfide) groups is 1. The van der Waals surface area contributed by atoms with E-state index in [1.807, 2.05) is 24.3 Å². The van der Waals surface area contributed by atoms with Gasteiger partial charge in [-0.25, -0.2) is 9.97 Å². The highest BCUT2D eigenvalue weighted by molar-refractivity contribution is 7.99. The van der Waals surface area contributed by atoms with Gasteiger partial charge in [-0.3, -0.25) is 14.6 Å². The Balaban J connectivity index is 1.42. The van der Waals surface area contributed by atoms with E-state index in [4.69, 9.17) is 4.74 Å². The van der Waals surface area contributed by atoms with Gasteiger partial charge in [-0.15, -0.1) is 0 Å². The first-order chi connectivity index (χ1) is 13.6. The third-order valence-electron chi connectivity index (χ3n) is 4.09. The lowest BCUT2D eigenvalue weighted by atomic mass is 10.2. The minimum absolute atomic E-state index is 0.0785. The smallest absolute Gasteiger partial charge is 0.317 e. The van der Waals surface area contributed by atoms with E-state index in [2.05, 4.69) is 19.9 Å². The second-order valence-corrected chi connectivity index (χ2v) is 7.08. The zero-order valence-electron chi connectivity index (χ0n) is 15.0. The number of benzene rings is 2. The molecule has 2 aromatic heterocycles. The number of nitrogens with one attached hydrogen (secondary N) is 1. The maximum atomic E-state index is 12.2. The van der Waals surface area contributed by atoms with Crippen LogP contribution in [0, 0.1) is 0 Å². The Hall–Kier alpha value is -3.26. The Morgan fingerprint density at radius 2 is 1.79 bits per heavy atom. The summed E-state index contributed by atoms with van der Waals surface area (Å²) in [6, 6.07) is 14.6. The molecule has 0 aliphatic carbocycles. The van der Waals surface area contributed by atoms with Gasteiger partial charge in [0, 0.05) is 0 Å². The van der Waals surface area contributed by atoms with Gasteiger partial charge in [-0.2, -0.15) is 0 Å². The Morgan fingerprint density at radius 3 is 2.61 bits per heavy atom. The van der Waals surface area contributed by atoms with Crippen molar-refractivity contribution in [3.8, 4) is 0 Å². The highest BCUT2D eigenvalue weighted by atomic mass is 32.2. The van der Waals surface area contributed by atoms with E-state index in [1.54, 1.807) is 37.4 Å². The Labute approximate surface area is 164 Å². The number of para-hydroxylation sites is 3. The average Bonchev–Trinajstić information content (AvgIpc) is 2.72. The molecule has 1 unspecified atom stereocenters. The highest BCUT2D eigenvalue weighted by Crippen LogP contribution is 2.20. The number of aromatic amines is 1. The van der Waals surface area contributed by atoms with Crippen molar-refractivity contribution in [2.75, 3.05) is 5.75 Å². The monoisotopic (exact) mass is 392 g/mol. The van der Waals surface area contributed by atoms with E-state index in [0.717, 1.165) is 11.0 Å². The van der Waals surface area contributed by atoms with Crippen LogP contribution in [0.15, 0.2) is 64.5 Å². The fourth-order valence-electron chi connectivity index (χ4n) is 2.73. The molecule has 8 heteroatoms. The van der Waals surface area contributed by atoms with Crippen LogP contribution in [-0.4, -0.2) is 31.7 Å². The molecule has 0 bridgehead atoms. The number of ether oxygens (including phenoxy) is 1. The molecule has 4 aromatic rings. The summed E-state index contributed by atoms with van der Waals surface area (Å²) in [5.41, 5.74) is 1.87. The number of rotatable bonds is 5. The Morgan fingerprint density at radius 1 is 1.07 bits per heavy atom. The molecule has 0 radical (unpaired) electrons. The highest BCUT2D eigenvalue weighted by Gasteiger charge is 2.16. The number of hydrogen-bond donors (Lipinski definition) is 1. The number of carbonyl (C=O) groups excluding carboxylic acids is 1. The van der Waals surface area contributed by atoms with Crippen molar-refractivity contribution >= 4 is 39.7 Å². The van der Waals surface area contributed by atoms with Gasteiger partial charge < -0.3 is 9.72 Å². The molecule has 2 aromatic carbocycles. The maximum absolute atomic E-state index is 12.2. The summed E-state index contributed by atoms with van der Waals surface area (Å²) in [6.45, 7) is 1.67. The predicted octanol–water partition coefficient (Wildman–Crippen LogP) is 3.26. The molecule has 0 spiro atoms. The molecule has 4 rings (SSSR count). The van der Waals surface area contributed by atoms with Crippen LogP contribution in [0.3, 0.4) is 0 Å². The molecule has 2 heterocycles. The van der Waals surface area contributed by atoms with Crippen molar-refractivity contribution in [1.29, 1.82) is 0 Å².